The van der Waals surface area contributed by atoms with E-state index in [0.717, 1.165) is 18.8 Å². The summed E-state index contributed by atoms with van der Waals surface area (Å²) in [6, 6.07) is 10.2. The molecule has 0 saturated heterocycles. The minimum atomic E-state index is 0.0131. The molecule has 2 N–H and O–H groups in total. The smallest absolute Gasteiger partial charge is 0.223 e. The Labute approximate surface area is 125 Å². The van der Waals surface area contributed by atoms with E-state index in [9.17, 15) is 4.79 Å². The summed E-state index contributed by atoms with van der Waals surface area (Å²) in [6.07, 6.45) is 0. The minimum Gasteiger partial charge on any atom is -0.383 e. The average Bonchev–Trinajstić information content (AvgIpc) is 2.49. The average molecular weight is 296 g/mol. The van der Waals surface area contributed by atoms with Crippen LogP contribution in [0.5, 0.6) is 0 Å². The molecule has 0 aliphatic heterocycles. The molecule has 0 aromatic heterocycles. The lowest BCUT2D eigenvalue weighted by atomic mass is 10.2. The first-order valence-corrected chi connectivity index (χ1v) is 7.88. The van der Waals surface area contributed by atoms with E-state index in [0.29, 0.717) is 13.2 Å². The van der Waals surface area contributed by atoms with E-state index in [-0.39, 0.29) is 11.8 Å². The third-order valence-corrected chi connectivity index (χ3v) is 4.05. The van der Waals surface area contributed by atoms with Crippen LogP contribution in [-0.4, -0.2) is 45.0 Å². The fourth-order valence-electron chi connectivity index (χ4n) is 1.56. The van der Waals surface area contributed by atoms with Crippen LogP contribution >= 0.6 is 11.8 Å². The predicted octanol–water partition coefficient (Wildman–Crippen LogP) is 1.77. The lowest BCUT2D eigenvalue weighted by Gasteiger charge is -2.12. The number of thioether (sulfide) groups is 1. The van der Waals surface area contributed by atoms with Gasteiger partial charge in [-0.05, 0) is 12.1 Å². The molecule has 0 aliphatic carbocycles. The van der Waals surface area contributed by atoms with Crippen molar-refractivity contribution in [1.82, 2.24) is 10.6 Å². The van der Waals surface area contributed by atoms with E-state index >= 15 is 0 Å². The van der Waals surface area contributed by atoms with Crippen molar-refractivity contribution < 1.29 is 9.53 Å². The molecule has 0 spiro atoms. The highest BCUT2D eigenvalue weighted by Gasteiger charge is 2.12. The van der Waals surface area contributed by atoms with Gasteiger partial charge in [0.1, 0.15) is 0 Å². The highest BCUT2D eigenvalue weighted by molar-refractivity contribution is 7.99. The molecule has 1 unspecified atom stereocenters. The molecule has 112 valence electrons. The fraction of sp³-hybridized carbons (Fsp3) is 0.533. The lowest BCUT2D eigenvalue weighted by molar-refractivity contribution is -0.123. The van der Waals surface area contributed by atoms with Gasteiger partial charge in [0.2, 0.25) is 5.91 Å². The number of amides is 1. The van der Waals surface area contributed by atoms with Crippen LogP contribution in [-0.2, 0) is 9.53 Å². The van der Waals surface area contributed by atoms with Crippen molar-refractivity contribution in [2.24, 2.45) is 5.92 Å². The molecule has 0 heterocycles. The summed E-state index contributed by atoms with van der Waals surface area (Å²) in [5.74, 6) is 0.925. The first-order valence-electron chi connectivity index (χ1n) is 6.89. The number of nitrogens with one attached hydrogen (secondary N) is 2. The van der Waals surface area contributed by atoms with Crippen LogP contribution < -0.4 is 10.6 Å². The number of rotatable bonds is 10. The summed E-state index contributed by atoms with van der Waals surface area (Å²) >= 11 is 1.71. The first kappa shape index (κ1) is 17.0. The Morgan fingerprint density at radius 3 is 2.70 bits per heavy atom. The van der Waals surface area contributed by atoms with Crippen molar-refractivity contribution in [2.75, 3.05) is 39.1 Å². The van der Waals surface area contributed by atoms with Gasteiger partial charge in [0, 0.05) is 43.3 Å². The van der Waals surface area contributed by atoms with E-state index in [1.807, 2.05) is 25.1 Å². The maximum Gasteiger partial charge on any atom is 0.223 e. The van der Waals surface area contributed by atoms with Crippen molar-refractivity contribution in [1.29, 1.82) is 0 Å². The Hall–Kier alpha value is -1.04. The largest absolute Gasteiger partial charge is 0.383 e. The zero-order chi connectivity index (χ0) is 14.6. The summed E-state index contributed by atoms with van der Waals surface area (Å²) in [4.78, 5) is 13.1. The summed E-state index contributed by atoms with van der Waals surface area (Å²) in [7, 11) is 1.68. The normalized spacial score (nSPS) is 12.1. The van der Waals surface area contributed by atoms with Gasteiger partial charge in [0.05, 0.1) is 6.61 Å². The van der Waals surface area contributed by atoms with Crippen LogP contribution in [0.25, 0.3) is 0 Å². The van der Waals surface area contributed by atoms with Gasteiger partial charge in [0.15, 0.2) is 0 Å². The third kappa shape index (κ3) is 7.53. The monoisotopic (exact) mass is 296 g/mol. The molecule has 1 rings (SSSR count). The number of hydrogen-bond acceptors (Lipinski definition) is 4. The van der Waals surface area contributed by atoms with Gasteiger partial charge in [-0.1, -0.05) is 25.1 Å². The van der Waals surface area contributed by atoms with Crippen LogP contribution in [0.2, 0.25) is 0 Å². The van der Waals surface area contributed by atoms with Crippen molar-refractivity contribution in [3.8, 4) is 0 Å². The third-order valence-electron chi connectivity index (χ3n) is 2.77. The second-order valence-corrected chi connectivity index (χ2v) is 5.65. The SMILES string of the molecule is COCCNCCNC(=O)C(C)CSc1ccccc1. The van der Waals surface area contributed by atoms with Crippen molar-refractivity contribution >= 4 is 17.7 Å². The number of carbonyl (C=O) groups is 1. The Morgan fingerprint density at radius 1 is 1.25 bits per heavy atom. The molecule has 5 heteroatoms. The molecule has 1 aromatic rings. The lowest BCUT2D eigenvalue weighted by Crippen LogP contribution is -2.36. The molecular weight excluding hydrogens is 272 g/mol. The Balaban J connectivity index is 2.10. The summed E-state index contributed by atoms with van der Waals surface area (Å²) in [5.41, 5.74) is 0. The molecule has 0 saturated carbocycles. The van der Waals surface area contributed by atoms with Gasteiger partial charge in [-0.15, -0.1) is 11.8 Å². The van der Waals surface area contributed by atoms with Gasteiger partial charge in [0.25, 0.3) is 0 Å². The van der Waals surface area contributed by atoms with Crippen molar-refractivity contribution in [3.05, 3.63) is 30.3 Å². The number of hydrogen-bond donors (Lipinski definition) is 2. The molecule has 1 aromatic carbocycles. The Morgan fingerprint density at radius 2 is 2.00 bits per heavy atom. The predicted molar refractivity (Wildman–Crippen MR) is 84.1 cm³/mol. The Bertz CT molecular complexity index is 373. The van der Waals surface area contributed by atoms with Gasteiger partial charge < -0.3 is 15.4 Å². The van der Waals surface area contributed by atoms with E-state index in [1.54, 1.807) is 18.9 Å². The van der Waals surface area contributed by atoms with E-state index in [4.69, 9.17) is 4.74 Å². The zero-order valence-corrected chi connectivity index (χ0v) is 13.0. The molecule has 0 aliphatic rings. The van der Waals surface area contributed by atoms with Crippen molar-refractivity contribution in [3.63, 3.8) is 0 Å². The van der Waals surface area contributed by atoms with Crippen LogP contribution in [0, 0.1) is 5.92 Å². The number of benzene rings is 1. The molecule has 1 atom stereocenters. The number of methoxy groups -OCH3 is 1. The Kier molecular flexibility index (Phi) is 9.11. The van der Waals surface area contributed by atoms with Gasteiger partial charge in [-0.3, -0.25) is 4.79 Å². The van der Waals surface area contributed by atoms with E-state index in [2.05, 4.69) is 22.8 Å². The maximum absolute atomic E-state index is 11.9. The minimum absolute atomic E-state index is 0.0131. The summed E-state index contributed by atoms with van der Waals surface area (Å²) in [6.45, 7) is 4.89. The second-order valence-electron chi connectivity index (χ2n) is 4.56. The molecule has 20 heavy (non-hydrogen) atoms. The number of carbonyl (C=O) groups excluding carboxylic acids is 1. The molecule has 0 bridgehead atoms. The molecule has 4 nitrogen and oxygen atoms in total. The second kappa shape index (κ2) is 10.7. The van der Waals surface area contributed by atoms with Gasteiger partial charge in [-0.25, -0.2) is 0 Å². The highest BCUT2D eigenvalue weighted by Crippen LogP contribution is 2.19. The fourth-order valence-corrected chi connectivity index (χ4v) is 2.50. The van der Waals surface area contributed by atoms with Crippen LogP contribution in [0.1, 0.15) is 6.92 Å². The van der Waals surface area contributed by atoms with Gasteiger partial charge >= 0.3 is 0 Å². The number of ether oxygens (including phenoxy) is 1. The van der Waals surface area contributed by atoms with Crippen LogP contribution in [0.15, 0.2) is 35.2 Å². The standard InChI is InChI=1S/C15H24N2O2S/c1-13(12-20-14-6-4-3-5-7-14)15(18)17-9-8-16-10-11-19-2/h3-7,13,16H,8-12H2,1-2H3,(H,17,18). The quantitative estimate of drug-likeness (QED) is 0.510. The van der Waals surface area contributed by atoms with E-state index in [1.165, 1.54) is 4.90 Å². The molecule has 1 amide bonds. The molecular formula is C15H24N2O2S. The maximum atomic E-state index is 11.9. The van der Waals surface area contributed by atoms with E-state index < -0.39 is 0 Å². The molecule has 0 radical (unpaired) electrons. The summed E-state index contributed by atoms with van der Waals surface area (Å²) < 4.78 is 4.93. The van der Waals surface area contributed by atoms with Gasteiger partial charge in [-0.2, -0.15) is 0 Å². The van der Waals surface area contributed by atoms with Crippen molar-refractivity contribution in [2.45, 2.75) is 11.8 Å². The first-order chi connectivity index (χ1) is 9.74. The van der Waals surface area contributed by atoms with Crippen LogP contribution in [0.4, 0.5) is 0 Å². The zero-order valence-electron chi connectivity index (χ0n) is 12.2. The van der Waals surface area contributed by atoms with Crippen LogP contribution in [0.3, 0.4) is 0 Å². The highest BCUT2D eigenvalue weighted by atomic mass is 32.2. The summed E-state index contributed by atoms with van der Waals surface area (Å²) in [5, 5.41) is 6.13. The topological polar surface area (TPSA) is 50.4 Å². The molecule has 0 fully saturated rings.